The van der Waals surface area contributed by atoms with Crippen LogP contribution in [0.5, 0.6) is 5.75 Å². The maximum Gasteiger partial charge on any atom is 0.319 e. The lowest BCUT2D eigenvalue weighted by Crippen LogP contribution is -2.41. The quantitative estimate of drug-likeness (QED) is 0.222. The fraction of sp³-hybridized carbons (Fsp3) is 0.412. The molecule has 3 aromatic carbocycles. The van der Waals surface area contributed by atoms with Crippen molar-refractivity contribution >= 4 is 23.7 Å². The van der Waals surface area contributed by atoms with Crippen molar-refractivity contribution in [1.29, 1.82) is 0 Å². The minimum atomic E-state index is -1.37. The Morgan fingerprint density at radius 3 is 1.88 bits per heavy atom. The number of aromatic hydroxyl groups is 1. The number of hydrogen-bond donors (Lipinski definition) is 3. The van der Waals surface area contributed by atoms with Crippen LogP contribution in [-0.2, 0) is 32.3 Å². The van der Waals surface area contributed by atoms with Gasteiger partial charge in [-0.1, -0.05) is 108 Å². The van der Waals surface area contributed by atoms with Crippen LogP contribution < -0.4 is 0 Å². The first-order chi connectivity index (χ1) is 18.6. The molecule has 1 unspecified atom stereocenters. The molecule has 214 valence electrons. The average Bonchev–Trinajstić information content (AvgIpc) is 2.84. The number of carboxylic acids is 2. The predicted molar refractivity (Wildman–Crippen MR) is 164 cm³/mol. The maximum absolute atomic E-state index is 13.3. The molecule has 0 aliphatic carbocycles. The molecule has 0 saturated carbocycles. The number of phenolic OH excluding ortho intramolecular Hbond substituents is 1. The van der Waals surface area contributed by atoms with Gasteiger partial charge in [-0.2, -0.15) is 11.8 Å². The van der Waals surface area contributed by atoms with E-state index in [1.165, 1.54) is 11.8 Å². The van der Waals surface area contributed by atoms with E-state index in [4.69, 9.17) is 5.11 Å². The van der Waals surface area contributed by atoms with Gasteiger partial charge in [-0.05, 0) is 57.6 Å². The third-order valence-electron chi connectivity index (χ3n) is 7.31. The van der Waals surface area contributed by atoms with Crippen LogP contribution in [-0.4, -0.2) is 38.8 Å². The topological polar surface area (TPSA) is 94.8 Å². The highest BCUT2D eigenvalue weighted by molar-refractivity contribution is 7.99. The van der Waals surface area contributed by atoms with Crippen molar-refractivity contribution in [3.05, 3.63) is 99.6 Å². The molecule has 0 bridgehead atoms. The maximum atomic E-state index is 13.3. The molecule has 0 aliphatic rings. The van der Waals surface area contributed by atoms with Gasteiger partial charge in [-0.15, -0.1) is 0 Å². The molecule has 0 fully saturated rings. The first kappa shape index (κ1) is 31.3. The predicted octanol–water partition coefficient (Wildman–Crippen LogP) is 7.47. The zero-order valence-corrected chi connectivity index (χ0v) is 25.5. The number of rotatable bonds is 10. The van der Waals surface area contributed by atoms with Gasteiger partial charge in [0.2, 0.25) is 0 Å². The molecular weight excluding hydrogens is 520 g/mol. The Morgan fingerprint density at radius 2 is 1.38 bits per heavy atom. The molecule has 0 spiro atoms. The number of hydrogen-bond acceptors (Lipinski definition) is 4. The van der Waals surface area contributed by atoms with Crippen LogP contribution in [0.15, 0.2) is 60.7 Å². The summed E-state index contributed by atoms with van der Waals surface area (Å²) in [7, 11) is 0. The van der Waals surface area contributed by atoms with E-state index < -0.39 is 17.4 Å². The van der Waals surface area contributed by atoms with E-state index >= 15 is 0 Å². The lowest BCUT2D eigenvalue weighted by Gasteiger charge is -2.33. The number of aliphatic carboxylic acids is 2. The van der Waals surface area contributed by atoms with Crippen molar-refractivity contribution in [1.82, 2.24) is 0 Å². The molecule has 0 aromatic heterocycles. The Hall–Kier alpha value is -3.25. The summed E-state index contributed by atoms with van der Waals surface area (Å²) < 4.78 is 0. The standard InChI is InChI=1S/C34H42O5S/c1-22-13-14-26(34(31(38)39,21-40-16-15-29(35)36)25-11-9-8-10-12-25)24(17-22)18-23-19-27(32(2,3)4)30(37)28(20-23)33(5,6)7/h8-14,17,19-20,37H,15-16,18,21H2,1-7H3,(H,35,36)(H,38,39). The second-order valence-corrected chi connectivity index (χ2v) is 13.8. The van der Waals surface area contributed by atoms with Gasteiger partial charge < -0.3 is 15.3 Å². The van der Waals surface area contributed by atoms with Crippen LogP contribution in [0.1, 0.15) is 86.9 Å². The van der Waals surface area contributed by atoms with Crippen molar-refractivity contribution in [2.75, 3.05) is 11.5 Å². The molecule has 3 aromatic rings. The summed E-state index contributed by atoms with van der Waals surface area (Å²) in [6.45, 7) is 14.5. The Morgan fingerprint density at radius 1 is 0.800 bits per heavy atom. The molecule has 40 heavy (non-hydrogen) atoms. The van der Waals surface area contributed by atoms with Gasteiger partial charge in [0, 0.05) is 11.5 Å². The normalized spacial score (nSPS) is 13.6. The first-order valence-corrected chi connectivity index (χ1v) is 14.8. The molecule has 6 heteroatoms. The van der Waals surface area contributed by atoms with E-state index in [-0.39, 0.29) is 23.0 Å². The third kappa shape index (κ3) is 6.90. The molecule has 0 amide bonds. The molecule has 0 radical (unpaired) electrons. The van der Waals surface area contributed by atoms with Gasteiger partial charge in [0.15, 0.2) is 0 Å². The van der Waals surface area contributed by atoms with Crippen molar-refractivity contribution in [2.45, 2.75) is 77.6 Å². The molecule has 0 heterocycles. The fourth-order valence-corrected chi connectivity index (χ4v) is 6.38. The second kappa shape index (κ2) is 12.1. The zero-order chi connectivity index (χ0) is 29.9. The molecule has 1 atom stereocenters. The van der Waals surface area contributed by atoms with Crippen LogP contribution in [0.3, 0.4) is 0 Å². The van der Waals surface area contributed by atoms with Crippen LogP contribution in [0, 0.1) is 6.92 Å². The molecule has 3 N–H and O–H groups in total. The lowest BCUT2D eigenvalue weighted by molar-refractivity contribution is -0.141. The summed E-state index contributed by atoms with van der Waals surface area (Å²) in [5, 5.41) is 31.3. The first-order valence-electron chi connectivity index (χ1n) is 13.6. The van der Waals surface area contributed by atoms with Gasteiger partial charge in [0.1, 0.15) is 11.2 Å². The summed E-state index contributed by atoms with van der Waals surface area (Å²) in [6.07, 6.45) is 0.458. The van der Waals surface area contributed by atoms with Gasteiger partial charge in [-0.25, -0.2) is 0 Å². The van der Waals surface area contributed by atoms with Crippen molar-refractivity contribution in [3.8, 4) is 5.75 Å². The number of thioether (sulfide) groups is 1. The van der Waals surface area contributed by atoms with Gasteiger partial charge >= 0.3 is 11.9 Å². The Balaban J connectivity index is 2.25. The van der Waals surface area contributed by atoms with E-state index in [2.05, 4.69) is 47.6 Å². The zero-order valence-electron chi connectivity index (χ0n) is 24.7. The Labute approximate surface area is 242 Å². The highest BCUT2D eigenvalue weighted by Crippen LogP contribution is 2.42. The number of carboxylic acid groups (broad SMARTS) is 2. The van der Waals surface area contributed by atoms with E-state index in [0.717, 1.165) is 27.8 Å². The third-order valence-corrected chi connectivity index (χ3v) is 8.44. The molecule has 3 rings (SSSR count). The van der Waals surface area contributed by atoms with E-state index in [9.17, 15) is 19.8 Å². The largest absolute Gasteiger partial charge is 0.507 e. The Kier molecular flexibility index (Phi) is 9.46. The van der Waals surface area contributed by atoms with Crippen molar-refractivity contribution < 1.29 is 24.9 Å². The summed E-state index contributed by atoms with van der Waals surface area (Å²) in [5.74, 6) is -1.04. The SMILES string of the molecule is Cc1ccc(C(CSCCC(=O)O)(C(=O)O)c2ccccc2)c(Cc2cc(C(C)(C)C)c(O)c(C(C)(C)C)c2)c1. The average molecular weight is 563 g/mol. The van der Waals surface area contributed by atoms with Gasteiger partial charge in [-0.3, -0.25) is 9.59 Å². The minimum Gasteiger partial charge on any atom is -0.507 e. The molecule has 0 saturated heterocycles. The highest BCUT2D eigenvalue weighted by Gasteiger charge is 2.43. The van der Waals surface area contributed by atoms with E-state index in [1.807, 2.05) is 61.5 Å². The minimum absolute atomic E-state index is 0.0332. The fourth-order valence-electron chi connectivity index (χ4n) is 5.17. The van der Waals surface area contributed by atoms with E-state index in [1.54, 1.807) is 0 Å². The van der Waals surface area contributed by atoms with Crippen LogP contribution >= 0.6 is 11.8 Å². The summed E-state index contributed by atoms with van der Waals surface area (Å²) in [6, 6.07) is 19.2. The number of benzene rings is 3. The highest BCUT2D eigenvalue weighted by atomic mass is 32.2. The molecular formula is C34H42O5S. The second-order valence-electron chi connectivity index (χ2n) is 12.6. The van der Waals surface area contributed by atoms with Gasteiger partial charge in [0.25, 0.3) is 0 Å². The van der Waals surface area contributed by atoms with Gasteiger partial charge in [0.05, 0.1) is 6.42 Å². The lowest BCUT2D eigenvalue weighted by atomic mass is 9.72. The molecule has 5 nitrogen and oxygen atoms in total. The summed E-state index contributed by atoms with van der Waals surface area (Å²) >= 11 is 1.34. The van der Waals surface area contributed by atoms with Crippen LogP contribution in [0.25, 0.3) is 0 Å². The van der Waals surface area contributed by atoms with Crippen LogP contribution in [0.4, 0.5) is 0 Å². The number of carbonyl (C=O) groups is 2. The monoisotopic (exact) mass is 562 g/mol. The van der Waals surface area contributed by atoms with E-state index in [0.29, 0.717) is 29.1 Å². The van der Waals surface area contributed by atoms with Crippen molar-refractivity contribution in [3.63, 3.8) is 0 Å². The number of aryl methyl sites for hydroxylation is 1. The summed E-state index contributed by atoms with van der Waals surface area (Å²) in [5.41, 5.74) is 4.06. The smallest absolute Gasteiger partial charge is 0.319 e. The summed E-state index contributed by atoms with van der Waals surface area (Å²) in [4.78, 5) is 24.5. The number of phenols is 1. The van der Waals surface area contributed by atoms with Crippen molar-refractivity contribution in [2.24, 2.45) is 0 Å². The van der Waals surface area contributed by atoms with Crippen LogP contribution in [0.2, 0.25) is 0 Å². The Bertz CT molecular complexity index is 1330. The molecule has 0 aliphatic heterocycles.